The predicted molar refractivity (Wildman–Crippen MR) is 258 cm³/mol. The van der Waals surface area contributed by atoms with Crippen molar-refractivity contribution in [2.75, 3.05) is 0 Å². The van der Waals surface area contributed by atoms with E-state index in [4.69, 9.17) is 4.42 Å². The second-order valence-electron chi connectivity index (χ2n) is 18.9. The molecule has 300 valence electrons. The Bertz CT molecular complexity index is 4400. The fraction of sp³-hybridized carbons (Fsp3) is 0.0667. The molecule has 13 aromatic rings. The third-order valence-corrected chi connectivity index (χ3v) is 16.2. The van der Waals surface area contributed by atoms with Gasteiger partial charge in [-0.25, -0.2) is 0 Å². The summed E-state index contributed by atoms with van der Waals surface area (Å²) in [5, 5.41) is 8.59. The van der Waals surface area contributed by atoms with Crippen LogP contribution in [0.25, 0.3) is 99.3 Å². The Labute approximate surface area is 371 Å². The van der Waals surface area contributed by atoms with Gasteiger partial charge in [-0.3, -0.25) is 0 Å². The van der Waals surface area contributed by atoms with E-state index >= 15 is 0 Å². The van der Waals surface area contributed by atoms with E-state index in [9.17, 15) is 0 Å². The van der Waals surface area contributed by atoms with Crippen LogP contribution >= 0.6 is 0 Å². The molecule has 4 aliphatic rings. The fourth-order valence-corrected chi connectivity index (χ4v) is 14.0. The topological polar surface area (TPSA) is 30.2 Å². The number of pyridine rings is 2. The van der Waals surface area contributed by atoms with Gasteiger partial charge in [0, 0.05) is 50.0 Å². The summed E-state index contributed by atoms with van der Waals surface area (Å²) in [5.41, 5.74) is 20.9. The SMILES string of the molecule is Cc1cccc(C)c1-c1c[n+]2c3c4c5c(ccc4c4cc6c(cc4n13)oc1ccccc16)C1(c3ccccc3-c3ccccc31)c1ccc3c4ccccc4n4c3c1C52[n+]1ccccc1-4. The summed E-state index contributed by atoms with van der Waals surface area (Å²) in [5.74, 6) is 1.15. The Morgan fingerprint density at radius 3 is 2.00 bits per heavy atom. The third kappa shape index (κ3) is 3.36. The van der Waals surface area contributed by atoms with Gasteiger partial charge < -0.3 is 4.42 Å². The molecule has 8 aromatic carbocycles. The number of benzene rings is 8. The van der Waals surface area contributed by atoms with Crippen molar-refractivity contribution in [1.29, 1.82) is 0 Å². The number of furan rings is 1. The minimum atomic E-state index is -0.798. The van der Waals surface area contributed by atoms with Crippen LogP contribution in [0, 0.1) is 13.8 Å². The first kappa shape index (κ1) is 33.3. The van der Waals surface area contributed by atoms with Crippen LogP contribution in [-0.2, 0) is 11.1 Å². The minimum absolute atomic E-state index is 0.589. The van der Waals surface area contributed by atoms with Gasteiger partial charge in [0.2, 0.25) is 0 Å². The van der Waals surface area contributed by atoms with E-state index < -0.39 is 11.1 Å². The zero-order valence-electron chi connectivity index (χ0n) is 35.5. The Kier molecular flexibility index (Phi) is 5.50. The van der Waals surface area contributed by atoms with E-state index in [-0.39, 0.29) is 0 Å². The van der Waals surface area contributed by atoms with Crippen LogP contribution in [0.5, 0.6) is 0 Å². The predicted octanol–water partition coefficient (Wildman–Crippen LogP) is 12.7. The molecule has 5 nitrogen and oxygen atoms in total. The van der Waals surface area contributed by atoms with Crippen LogP contribution in [0.2, 0.25) is 0 Å². The molecule has 0 bridgehead atoms. The Morgan fingerprint density at radius 1 is 0.492 bits per heavy atom. The van der Waals surface area contributed by atoms with Crippen LogP contribution in [0.1, 0.15) is 44.5 Å². The number of aromatic nitrogens is 4. The molecule has 7 heterocycles. The molecule has 5 aromatic heterocycles. The normalized spacial score (nSPS) is 16.6. The molecule has 0 saturated carbocycles. The van der Waals surface area contributed by atoms with Gasteiger partial charge in [-0.2, -0.15) is 18.1 Å². The number of fused-ring (bicyclic) bond motifs is 18. The summed E-state index contributed by atoms with van der Waals surface area (Å²) in [6.07, 6.45) is 4.86. The summed E-state index contributed by atoms with van der Waals surface area (Å²) in [6.45, 7) is 4.53. The van der Waals surface area contributed by atoms with Crippen LogP contribution in [0.4, 0.5) is 0 Å². The van der Waals surface area contributed by atoms with Gasteiger partial charge in [-0.15, -0.1) is 0 Å². The third-order valence-electron chi connectivity index (χ3n) is 16.2. The molecule has 0 fully saturated rings. The smallest absolute Gasteiger partial charge is 0.311 e. The molecule has 0 N–H and O–H groups in total. The summed E-state index contributed by atoms with van der Waals surface area (Å²) < 4.78 is 17.2. The second-order valence-corrected chi connectivity index (χ2v) is 18.9. The van der Waals surface area contributed by atoms with Crippen LogP contribution in [-0.4, -0.2) is 8.97 Å². The summed E-state index contributed by atoms with van der Waals surface area (Å²) in [7, 11) is 0. The average Bonchev–Trinajstić information content (AvgIpc) is 4.14. The maximum Gasteiger partial charge on any atom is 0.311 e. The van der Waals surface area contributed by atoms with E-state index in [0.29, 0.717) is 0 Å². The van der Waals surface area contributed by atoms with E-state index in [1.807, 2.05) is 0 Å². The highest BCUT2D eigenvalue weighted by atomic mass is 16.3. The first-order chi connectivity index (χ1) is 32.1. The molecule has 0 radical (unpaired) electrons. The van der Waals surface area contributed by atoms with Gasteiger partial charge in [-0.1, -0.05) is 121 Å². The van der Waals surface area contributed by atoms with Crippen molar-refractivity contribution in [3.8, 4) is 28.2 Å². The highest BCUT2D eigenvalue weighted by Crippen LogP contribution is 2.65. The molecule has 1 atom stereocenters. The number of rotatable bonds is 1. The Morgan fingerprint density at radius 2 is 1.18 bits per heavy atom. The summed E-state index contributed by atoms with van der Waals surface area (Å²) in [6, 6.07) is 64.1. The number of para-hydroxylation sites is 2. The molecule has 2 aliphatic carbocycles. The van der Waals surface area contributed by atoms with Crippen LogP contribution < -0.4 is 9.13 Å². The number of imidazole rings is 1. The van der Waals surface area contributed by atoms with Gasteiger partial charge in [-0.05, 0) is 94.8 Å². The van der Waals surface area contributed by atoms with Gasteiger partial charge in [0.05, 0.1) is 22.6 Å². The highest BCUT2D eigenvalue weighted by Gasteiger charge is 2.69. The molecular formula is C60H36N4O+2. The maximum atomic E-state index is 6.73. The molecular weight excluding hydrogens is 793 g/mol. The average molecular weight is 829 g/mol. The molecule has 17 rings (SSSR count). The maximum absolute atomic E-state index is 6.73. The zero-order chi connectivity index (χ0) is 42.2. The quantitative estimate of drug-likeness (QED) is 0.120. The van der Waals surface area contributed by atoms with Crippen molar-refractivity contribution in [1.82, 2.24) is 8.97 Å². The van der Waals surface area contributed by atoms with Crippen LogP contribution in [0.3, 0.4) is 0 Å². The van der Waals surface area contributed by atoms with Gasteiger partial charge in [0.1, 0.15) is 34.0 Å². The molecule has 0 amide bonds. The molecule has 65 heavy (non-hydrogen) atoms. The molecule has 5 heteroatoms. The van der Waals surface area contributed by atoms with E-state index in [2.05, 4.69) is 214 Å². The van der Waals surface area contributed by atoms with E-state index in [0.717, 1.165) is 33.3 Å². The molecule has 2 spiro atoms. The largest absolute Gasteiger partial charge is 0.456 e. The fourth-order valence-electron chi connectivity index (χ4n) is 14.0. The number of nitrogens with zero attached hydrogens (tertiary/aromatic N) is 4. The lowest BCUT2D eigenvalue weighted by Crippen LogP contribution is -2.76. The van der Waals surface area contributed by atoms with Crippen molar-refractivity contribution in [2.24, 2.45) is 0 Å². The monoisotopic (exact) mass is 828 g/mol. The lowest BCUT2D eigenvalue weighted by atomic mass is 9.58. The lowest BCUT2D eigenvalue weighted by molar-refractivity contribution is -0.956. The molecule has 0 saturated heterocycles. The van der Waals surface area contributed by atoms with Crippen LogP contribution in [0.15, 0.2) is 187 Å². The van der Waals surface area contributed by atoms with Gasteiger partial charge in [0.25, 0.3) is 11.5 Å². The number of hydrogen-bond acceptors (Lipinski definition) is 1. The summed E-state index contributed by atoms with van der Waals surface area (Å²) >= 11 is 0. The van der Waals surface area contributed by atoms with Crippen molar-refractivity contribution in [3.63, 3.8) is 0 Å². The number of aryl methyl sites for hydroxylation is 2. The minimum Gasteiger partial charge on any atom is -0.456 e. The Balaban J connectivity index is 1.20. The van der Waals surface area contributed by atoms with E-state index in [1.165, 1.54) is 111 Å². The van der Waals surface area contributed by atoms with Crippen molar-refractivity contribution < 1.29 is 13.6 Å². The lowest BCUT2D eigenvalue weighted by Gasteiger charge is -2.45. The first-order valence-corrected chi connectivity index (χ1v) is 22.8. The second kappa shape index (κ2) is 10.7. The van der Waals surface area contributed by atoms with Gasteiger partial charge >= 0.3 is 5.66 Å². The molecule has 1 unspecified atom stereocenters. The zero-order valence-corrected chi connectivity index (χ0v) is 35.5. The van der Waals surface area contributed by atoms with Crippen molar-refractivity contribution in [2.45, 2.75) is 24.9 Å². The standard InChI is InChI=1S/C60H36N4O/c1-33-14-13-15-34(2)53(33)49-32-62-58-54-39(41-30-42-38-19-6-10-23-50(38)65-51(42)31-48(41)63(49)58)25-27-45-55(54)60(62)56-46(59(45)43-20-7-3-16-35(43)36-17-4-8-21-44(36)59)28-26-40-37-18-5-9-22-47(37)64(57(40)56)52-24-11-12-29-61(52)60/h3-32H,1-2H3/q+2. The highest BCUT2D eigenvalue weighted by molar-refractivity contribution is 6.21. The van der Waals surface area contributed by atoms with E-state index in [1.54, 1.807) is 0 Å². The first-order valence-electron chi connectivity index (χ1n) is 22.8. The van der Waals surface area contributed by atoms with Crippen molar-refractivity contribution in [3.05, 3.63) is 227 Å². The van der Waals surface area contributed by atoms with Gasteiger partial charge in [0.15, 0.2) is 11.2 Å². The summed E-state index contributed by atoms with van der Waals surface area (Å²) in [4.78, 5) is 0. The molecule has 2 aliphatic heterocycles. The Hall–Kier alpha value is -8.28. The van der Waals surface area contributed by atoms with Crippen molar-refractivity contribution >= 4 is 71.1 Å². The number of hydrogen-bond donors (Lipinski definition) is 0.